The second kappa shape index (κ2) is 7.04. The third-order valence-electron chi connectivity index (χ3n) is 2.48. The van der Waals surface area contributed by atoms with Crippen LogP contribution < -0.4 is 4.74 Å². The molecule has 0 fully saturated rings. The molecule has 4 nitrogen and oxygen atoms in total. The zero-order valence-electron chi connectivity index (χ0n) is 10.2. The Balaban J connectivity index is 2.51. The maximum Gasteiger partial charge on any atom is 0.158 e. The summed E-state index contributed by atoms with van der Waals surface area (Å²) in [5, 5.41) is 9.91. The van der Waals surface area contributed by atoms with E-state index in [1.54, 1.807) is 13.2 Å². The number of Topliss-reactive ketones (excluding diaryl/α,β-unsaturated/α-hetero) is 1. The molecule has 0 saturated heterocycles. The number of carbonyl (C=O) groups is 1. The molecule has 0 amide bonds. The molecule has 0 spiro atoms. The first-order valence-corrected chi connectivity index (χ1v) is 5.50. The Kier molecular flexibility index (Phi) is 5.66. The van der Waals surface area contributed by atoms with Crippen molar-refractivity contribution in [3.8, 4) is 5.75 Å². The van der Waals surface area contributed by atoms with E-state index in [0.717, 1.165) is 5.56 Å². The fraction of sp³-hybridized carbons (Fsp3) is 0.462. The number of ketones is 1. The molecule has 0 aromatic heterocycles. The average Bonchev–Trinajstić information content (AvgIpc) is 2.36. The predicted molar refractivity (Wildman–Crippen MR) is 64.1 cm³/mol. The minimum absolute atomic E-state index is 0.00514. The zero-order chi connectivity index (χ0) is 12.7. The Labute approximate surface area is 101 Å². The summed E-state index contributed by atoms with van der Waals surface area (Å²) in [5.41, 5.74) is 0.759. The number of ether oxygens (including phenoxy) is 2. The van der Waals surface area contributed by atoms with Crippen LogP contribution in [0.15, 0.2) is 24.3 Å². The zero-order valence-corrected chi connectivity index (χ0v) is 10.2. The molecule has 1 rings (SSSR count). The maximum atomic E-state index is 11.2. The second-order valence-electron chi connectivity index (χ2n) is 3.80. The van der Waals surface area contributed by atoms with Gasteiger partial charge in [0.1, 0.15) is 12.4 Å². The highest BCUT2D eigenvalue weighted by Crippen LogP contribution is 2.22. The Bertz CT molecular complexity index is 362. The molecule has 17 heavy (non-hydrogen) atoms. The van der Waals surface area contributed by atoms with Crippen molar-refractivity contribution in [2.45, 2.75) is 18.9 Å². The third-order valence-corrected chi connectivity index (χ3v) is 2.48. The number of benzene rings is 1. The van der Waals surface area contributed by atoms with E-state index in [0.29, 0.717) is 18.6 Å². The molecule has 1 aromatic rings. The minimum Gasteiger partial charge on any atom is -0.497 e. The lowest BCUT2D eigenvalue weighted by Gasteiger charge is -2.11. The molecular weight excluding hydrogens is 220 g/mol. The Morgan fingerprint density at radius 2 is 2.18 bits per heavy atom. The molecule has 0 bridgehead atoms. The highest BCUT2D eigenvalue weighted by Gasteiger charge is 2.11. The van der Waals surface area contributed by atoms with Crippen molar-refractivity contribution in [3.05, 3.63) is 29.8 Å². The fourth-order valence-corrected chi connectivity index (χ4v) is 1.55. The predicted octanol–water partition coefficient (Wildman–Crippen LogP) is 1.72. The lowest BCUT2D eigenvalue weighted by molar-refractivity contribution is -0.123. The van der Waals surface area contributed by atoms with Gasteiger partial charge in [-0.15, -0.1) is 0 Å². The molecule has 0 aliphatic rings. The lowest BCUT2D eigenvalue weighted by Crippen LogP contribution is -2.08. The topological polar surface area (TPSA) is 55.8 Å². The maximum absolute atomic E-state index is 11.2. The average molecular weight is 238 g/mol. The van der Waals surface area contributed by atoms with Crippen molar-refractivity contribution in [2.24, 2.45) is 0 Å². The Morgan fingerprint density at radius 3 is 2.82 bits per heavy atom. The number of aliphatic hydroxyl groups is 1. The van der Waals surface area contributed by atoms with Crippen molar-refractivity contribution in [1.82, 2.24) is 0 Å². The van der Waals surface area contributed by atoms with Crippen molar-refractivity contribution in [3.63, 3.8) is 0 Å². The van der Waals surface area contributed by atoms with Gasteiger partial charge in [-0.05, 0) is 24.1 Å². The van der Waals surface area contributed by atoms with Crippen LogP contribution in [-0.4, -0.2) is 31.7 Å². The van der Waals surface area contributed by atoms with E-state index in [4.69, 9.17) is 9.47 Å². The van der Waals surface area contributed by atoms with E-state index in [9.17, 15) is 9.90 Å². The van der Waals surface area contributed by atoms with E-state index >= 15 is 0 Å². The molecule has 1 aromatic carbocycles. The van der Waals surface area contributed by atoms with Crippen LogP contribution in [0.3, 0.4) is 0 Å². The number of hydrogen-bond acceptors (Lipinski definition) is 4. The van der Waals surface area contributed by atoms with Gasteiger partial charge in [0.15, 0.2) is 5.78 Å². The first-order valence-electron chi connectivity index (χ1n) is 5.50. The van der Waals surface area contributed by atoms with Crippen LogP contribution in [0.2, 0.25) is 0 Å². The summed E-state index contributed by atoms with van der Waals surface area (Å²) in [7, 11) is 3.06. The Morgan fingerprint density at radius 1 is 1.41 bits per heavy atom. The summed E-state index contributed by atoms with van der Waals surface area (Å²) in [4.78, 5) is 11.2. The van der Waals surface area contributed by atoms with Crippen LogP contribution in [0.5, 0.6) is 5.75 Å². The highest BCUT2D eigenvalue weighted by atomic mass is 16.5. The Hall–Kier alpha value is -1.39. The number of aliphatic hydroxyl groups excluding tert-OH is 1. The normalized spacial score (nSPS) is 12.2. The first-order chi connectivity index (χ1) is 8.17. The number of hydrogen-bond donors (Lipinski definition) is 1. The summed E-state index contributed by atoms with van der Waals surface area (Å²) in [5.74, 6) is 0.694. The standard InChI is InChI=1S/C13H18O4/c1-16-9-11(14)6-7-13(15)10-4-3-5-12(8-10)17-2/h3-5,8,13,15H,6-7,9H2,1-2H3. The van der Waals surface area contributed by atoms with Crippen molar-refractivity contribution in [1.29, 1.82) is 0 Å². The van der Waals surface area contributed by atoms with Gasteiger partial charge in [-0.1, -0.05) is 12.1 Å². The molecule has 94 valence electrons. The number of rotatable bonds is 7. The molecule has 0 aliphatic carbocycles. The molecular formula is C13H18O4. The summed E-state index contributed by atoms with van der Waals surface area (Å²) in [6.07, 6.45) is 0.0626. The lowest BCUT2D eigenvalue weighted by atomic mass is 10.0. The molecule has 1 unspecified atom stereocenters. The van der Waals surface area contributed by atoms with Crippen LogP contribution in [-0.2, 0) is 9.53 Å². The van der Waals surface area contributed by atoms with E-state index in [2.05, 4.69) is 0 Å². The van der Waals surface area contributed by atoms with Crippen molar-refractivity contribution < 1.29 is 19.4 Å². The van der Waals surface area contributed by atoms with E-state index in [1.807, 2.05) is 18.2 Å². The third kappa shape index (κ3) is 4.54. The van der Waals surface area contributed by atoms with Gasteiger partial charge < -0.3 is 14.6 Å². The number of carbonyl (C=O) groups excluding carboxylic acids is 1. The fourth-order valence-electron chi connectivity index (χ4n) is 1.55. The first kappa shape index (κ1) is 13.7. The van der Waals surface area contributed by atoms with Crippen molar-refractivity contribution >= 4 is 5.78 Å². The smallest absolute Gasteiger partial charge is 0.158 e. The summed E-state index contributed by atoms with van der Waals surface area (Å²) in [6, 6.07) is 7.21. The highest BCUT2D eigenvalue weighted by molar-refractivity contribution is 5.79. The summed E-state index contributed by atoms with van der Waals surface area (Å²) in [6.45, 7) is 0.102. The van der Waals surface area contributed by atoms with Crippen LogP contribution >= 0.6 is 0 Å². The molecule has 0 saturated carbocycles. The van der Waals surface area contributed by atoms with Gasteiger partial charge in [0.2, 0.25) is 0 Å². The van der Waals surface area contributed by atoms with E-state index in [1.165, 1.54) is 7.11 Å². The van der Waals surface area contributed by atoms with Gasteiger partial charge in [-0.3, -0.25) is 4.79 Å². The van der Waals surface area contributed by atoms with Crippen LogP contribution in [0.25, 0.3) is 0 Å². The second-order valence-corrected chi connectivity index (χ2v) is 3.80. The van der Waals surface area contributed by atoms with Gasteiger partial charge in [-0.2, -0.15) is 0 Å². The molecule has 4 heteroatoms. The quantitative estimate of drug-likeness (QED) is 0.786. The molecule has 1 atom stereocenters. The minimum atomic E-state index is -0.647. The van der Waals surface area contributed by atoms with Gasteiger partial charge >= 0.3 is 0 Å². The summed E-state index contributed by atoms with van der Waals surface area (Å²) >= 11 is 0. The van der Waals surface area contributed by atoms with Crippen LogP contribution in [0, 0.1) is 0 Å². The van der Waals surface area contributed by atoms with E-state index in [-0.39, 0.29) is 12.4 Å². The van der Waals surface area contributed by atoms with Gasteiger partial charge in [0.05, 0.1) is 13.2 Å². The van der Waals surface area contributed by atoms with E-state index < -0.39 is 6.10 Å². The van der Waals surface area contributed by atoms with Crippen LogP contribution in [0.4, 0.5) is 0 Å². The SMILES string of the molecule is COCC(=O)CCC(O)c1cccc(OC)c1. The van der Waals surface area contributed by atoms with Crippen LogP contribution in [0.1, 0.15) is 24.5 Å². The summed E-state index contributed by atoms with van der Waals surface area (Å²) < 4.78 is 9.80. The van der Waals surface area contributed by atoms with Gasteiger partial charge in [-0.25, -0.2) is 0 Å². The number of methoxy groups -OCH3 is 2. The van der Waals surface area contributed by atoms with Gasteiger partial charge in [0, 0.05) is 13.5 Å². The monoisotopic (exact) mass is 238 g/mol. The molecule has 1 N–H and O–H groups in total. The molecule has 0 heterocycles. The largest absolute Gasteiger partial charge is 0.497 e. The molecule has 0 radical (unpaired) electrons. The van der Waals surface area contributed by atoms with Gasteiger partial charge in [0.25, 0.3) is 0 Å². The van der Waals surface area contributed by atoms with Crippen molar-refractivity contribution in [2.75, 3.05) is 20.8 Å². The molecule has 0 aliphatic heterocycles.